The number of benzene rings is 1. The van der Waals surface area contributed by atoms with Crippen LogP contribution in [-0.4, -0.2) is 10.8 Å². The maximum Gasteiger partial charge on any atom is 0.269 e. The maximum atomic E-state index is 12.0. The quantitative estimate of drug-likeness (QED) is 0.634. The molecule has 8 heteroatoms. The minimum Gasteiger partial charge on any atom is -0.320 e. The topological polar surface area (TPSA) is 96.0 Å². The van der Waals surface area contributed by atoms with Crippen molar-refractivity contribution in [3.8, 4) is 6.07 Å². The number of hydrogen-bond acceptors (Lipinski definition) is 6. The van der Waals surface area contributed by atoms with Crippen molar-refractivity contribution in [1.29, 1.82) is 5.26 Å². The molecule has 3 rings (SSSR count). The largest absolute Gasteiger partial charge is 0.320 e. The molecule has 1 atom stereocenters. The van der Waals surface area contributed by atoms with Gasteiger partial charge in [0.25, 0.3) is 5.69 Å². The summed E-state index contributed by atoms with van der Waals surface area (Å²) in [4.78, 5) is 23.3. The van der Waals surface area contributed by atoms with Crippen LogP contribution in [0, 0.1) is 21.4 Å². The lowest BCUT2D eigenvalue weighted by Crippen LogP contribution is -2.30. The number of nitro groups is 1. The molecule has 1 aromatic heterocycles. The van der Waals surface area contributed by atoms with Gasteiger partial charge in [-0.25, -0.2) is 0 Å². The Morgan fingerprint density at radius 2 is 2.12 bits per heavy atom. The molecule has 1 N–H and O–H groups in total. The van der Waals surface area contributed by atoms with Crippen molar-refractivity contribution in [2.75, 3.05) is 0 Å². The average molecular weight is 371 g/mol. The third-order valence-corrected chi connectivity index (χ3v) is 5.85. The van der Waals surface area contributed by atoms with Crippen LogP contribution in [0.1, 0.15) is 22.8 Å². The number of thiophene rings is 1. The molecular weight excluding hydrogens is 358 g/mol. The molecule has 0 bridgehead atoms. The summed E-state index contributed by atoms with van der Waals surface area (Å²) >= 11 is 2.90. The van der Waals surface area contributed by atoms with Crippen molar-refractivity contribution >= 4 is 34.7 Å². The number of non-ortho nitro benzene ring substituents is 1. The number of nitrogens with one attached hydrogen (secondary N) is 1. The molecule has 0 spiro atoms. The summed E-state index contributed by atoms with van der Waals surface area (Å²) in [6.07, 6.45) is 0.269. The third kappa shape index (κ3) is 3.90. The van der Waals surface area contributed by atoms with E-state index in [0.717, 1.165) is 10.4 Å². The molecule has 1 aromatic carbocycles. The molecular formula is C17H13N3O3S2. The molecule has 0 unspecified atom stereocenters. The van der Waals surface area contributed by atoms with Crippen LogP contribution >= 0.6 is 23.1 Å². The summed E-state index contributed by atoms with van der Waals surface area (Å²) in [6, 6.07) is 12.3. The first-order chi connectivity index (χ1) is 12.1. The molecule has 6 nitrogen and oxygen atoms in total. The molecule has 0 aliphatic carbocycles. The molecule has 0 saturated heterocycles. The highest BCUT2D eigenvalue weighted by Gasteiger charge is 2.30. The van der Waals surface area contributed by atoms with Gasteiger partial charge in [0.15, 0.2) is 0 Å². The van der Waals surface area contributed by atoms with E-state index in [4.69, 9.17) is 0 Å². The van der Waals surface area contributed by atoms with E-state index in [2.05, 4.69) is 11.4 Å². The van der Waals surface area contributed by atoms with Crippen molar-refractivity contribution in [2.24, 2.45) is 0 Å². The SMILES string of the molecule is N#CC1=C(SCc2ccc([N+](=O)[O-])cc2)NC(=O)C[C@H]1c1cccs1. The molecule has 1 amide bonds. The summed E-state index contributed by atoms with van der Waals surface area (Å²) in [5.41, 5.74) is 1.48. The van der Waals surface area contributed by atoms with E-state index >= 15 is 0 Å². The van der Waals surface area contributed by atoms with Crippen LogP contribution in [0.2, 0.25) is 0 Å². The predicted molar refractivity (Wildman–Crippen MR) is 96.9 cm³/mol. The van der Waals surface area contributed by atoms with E-state index in [1.54, 1.807) is 12.1 Å². The number of nitro benzene ring substituents is 1. The van der Waals surface area contributed by atoms with Crippen molar-refractivity contribution in [1.82, 2.24) is 5.32 Å². The normalized spacial score (nSPS) is 17.1. The van der Waals surface area contributed by atoms with Crippen LogP contribution in [0.25, 0.3) is 0 Å². The van der Waals surface area contributed by atoms with Gasteiger partial charge in [0.1, 0.15) is 0 Å². The molecule has 1 aliphatic rings. The minimum absolute atomic E-state index is 0.0365. The maximum absolute atomic E-state index is 12.0. The van der Waals surface area contributed by atoms with Gasteiger partial charge in [0.05, 0.1) is 21.6 Å². The Balaban J connectivity index is 1.80. The lowest BCUT2D eigenvalue weighted by atomic mass is 9.93. The van der Waals surface area contributed by atoms with Crippen LogP contribution in [0.15, 0.2) is 52.4 Å². The van der Waals surface area contributed by atoms with E-state index < -0.39 is 4.92 Å². The Labute approximate surface area is 152 Å². The summed E-state index contributed by atoms with van der Waals surface area (Å²) in [5, 5.41) is 25.5. The monoisotopic (exact) mass is 371 g/mol. The smallest absolute Gasteiger partial charge is 0.269 e. The lowest BCUT2D eigenvalue weighted by molar-refractivity contribution is -0.384. The highest BCUT2D eigenvalue weighted by Crippen LogP contribution is 2.38. The number of amides is 1. The Morgan fingerprint density at radius 3 is 2.72 bits per heavy atom. The molecule has 126 valence electrons. The third-order valence-electron chi connectivity index (χ3n) is 3.77. The van der Waals surface area contributed by atoms with Crippen molar-refractivity contribution in [3.63, 3.8) is 0 Å². The van der Waals surface area contributed by atoms with Crippen LogP contribution < -0.4 is 5.32 Å². The zero-order valence-electron chi connectivity index (χ0n) is 13.0. The van der Waals surface area contributed by atoms with Gasteiger partial charge in [0, 0.05) is 35.1 Å². The second-order valence-electron chi connectivity index (χ2n) is 5.39. The second-order valence-corrected chi connectivity index (χ2v) is 7.35. The van der Waals surface area contributed by atoms with Crippen LogP contribution in [0.5, 0.6) is 0 Å². The van der Waals surface area contributed by atoms with E-state index in [-0.39, 0.29) is 23.9 Å². The molecule has 2 heterocycles. The van der Waals surface area contributed by atoms with Gasteiger partial charge in [-0.2, -0.15) is 5.26 Å². The van der Waals surface area contributed by atoms with Gasteiger partial charge in [-0.05, 0) is 17.0 Å². The van der Waals surface area contributed by atoms with Crippen molar-refractivity contribution < 1.29 is 9.72 Å². The van der Waals surface area contributed by atoms with E-state index in [1.807, 2.05) is 17.5 Å². The Kier molecular flexibility index (Phi) is 5.16. The van der Waals surface area contributed by atoms with Crippen LogP contribution in [0.3, 0.4) is 0 Å². The van der Waals surface area contributed by atoms with Crippen LogP contribution in [-0.2, 0) is 10.5 Å². The predicted octanol–water partition coefficient (Wildman–Crippen LogP) is 3.93. The van der Waals surface area contributed by atoms with Gasteiger partial charge < -0.3 is 5.32 Å². The summed E-state index contributed by atoms with van der Waals surface area (Å²) in [7, 11) is 0. The van der Waals surface area contributed by atoms with Crippen molar-refractivity contribution in [3.05, 3.63) is 72.9 Å². The summed E-state index contributed by atoms with van der Waals surface area (Å²) in [6.45, 7) is 0. The number of nitriles is 1. The van der Waals surface area contributed by atoms with E-state index in [0.29, 0.717) is 16.4 Å². The number of carbonyl (C=O) groups excluding carboxylic acids is 1. The zero-order valence-corrected chi connectivity index (χ0v) is 14.6. The highest BCUT2D eigenvalue weighted by molar-refractivity contribution is 8.02. The number of nitrogens with zero attached hydrogens (tertiary/aromatic N) is 2. The number of rotatable bonds is 5. The lowest BCUT2D eigenvalue weighted by Gasteiger charge is -2.24. The zero-order chi connectivity index (χ0) is 17.8. The standard InChI is InChI=1S/C17H13N3O3S2/c18-9-14-13(15-2-1-7-24-15)8-16(21)19-17(14)25-10-11-3-5-12(6-4-11)20(22)23/h1-7,13H,8,10H2,(H,19,21)/t13-/m1/s1. The summed E-state index contributed by atoms with van der Waals surface area (Å²) < 4.78 is 0. The average Bonchev–Trinajstić information content (AvgIpc) is 3.14. The second kappa shape index (κ2) is 7.51. The number of allylic oxidation sites excluding steroid dienone is 1. The fraction of sp³-hybridized carbons (Fsp3) is 0.176. The van der Waals surface area contributed by atoms with Gasteiger partial charge >= 0.3 is 0 Å². The fourth-order valence-electron chi connectivity index (χ4n) is 2.54. The first-order valence-electron chi connectivity index (χ1n) is 7.42. The molecule has 2 aromatic rings. The van der Waals surface area contributed by atoms with Gasteiger partial charge in [0.2, 0.25) is 5.91 Å². The Hall–Kier alpha value is -2.63. The fourth-order valence-corrected chi connectivity index (χ4v) is 4.40. The molecule has 0 fully saturated rings. The molecule has 25 heavy (non-hydrogen) atoms. The minimum atomic E-state index is -0.444. The van der Waals surface area contributed by atoms with Gasteiger partial charge in [-0.3, -0.25) is 14.9 Å². The first kappa shape index (κ1) is 17.2. The summed E-state index contributed by atoms with van der Waals surface area (Å²) in [5.74, 6) is 0.192. The Bertz CT molecular complexity index is 868. The molecule has 1 aliphatic heterocycles. The number of thioether (sulfide) groups is 1. The van der Waals surface area contributed by atoms with E-state index in [1.165, 1.54) is 35.2 Å². The first-order valence-corrected chi connectivity index (χ1v) is 9.28. The number of hydrogen-bond donors (Lipinski definition) is 1. The number of carbonyl (C=O) groups is 1. The van der Waals surface area contributed by atoms with Gasteiger partial charge in [-0.1, -0.05) is 18.2 Å². The Morgan fingerprint density at radius 1 is 1.36 bits per heavy atom. The van der Waals surface area contributed by atoms with Crippen LogP contribution in [0.4, 0.5) is 5.69 Å². The molecule has 0 saturated carbocycles. The van der Waals surface area contributed by atoms with Gasteiger partial charge in [-0.15, -0.1) is 23.1 Å². The highest BCUT2D eigenvalue weighted by atomic mass is 32.2. The molecule has 0 radical (unpaired) electrons. The van der Waals surface area contributed by atoms with Crippen molar-refractivity contribution in [2.45, 2.75) is 18.1 Å². The van der Waals surface area contributed by atoms with E-state index in [9.17, 15) is 20.2 Å².